The van der Waals surface area contributed by atoms with Crippen molar-refractivity contribution in [3.05, 3.63) is 33.7 Å². The fraction of sp³-hybridized carbons (Fsp3) is 0.357. The van der Waals surface area contributed by atoms with Crippen molar-refractivity contribution < 1.29 is 4.74 Å². The molecular formula is C14H18BrN3O. The van der Waals surface area contributed by atoms with Crippen LogP contribution in [-0.4, -0.2) is 23.6 Å². The Bertz CT molecular complexity index is 593. The molecule has 1 heterocycles. The lowest BCUT2D eigenvalue weighted by atomic mass is 10.0. The summed E-state index contributed by atoms with van der Waals surface area (Å²) in [6.07, 6.45) is 0.754. The third-order valence-electron chi connectivity index (χ3n) is 3.22. The summed E-state index contributed by atoms with van der Waals surface area (Å²) < 4.78 is 6.19. The highest BCUT2D eigenvalue weighted by atomic mass is 79.9. The largest absolute Gasteiger partial charge is 0.496 e. The van der Waals surface area contributed by atoms with Crippen LogP contribution in [0, 0.1) is 13.8 Å². The van der Waals surface area contributed by atoms with Crippen LogP contribution in [0.15, 0.2) is 16.9 Å². The lowest BCUT2D eigenvalue weighted by Crippen LogP contribution is -2.04. The van der Waals surface area contributed by atoms with Crippen LogP contribution in [0.2, 0.25) is 0 Å². The van der Waals surface area contributed by atoms with Gasteiger partial charge in [0.05, 0.1) is 12.8 Å². The summed E-state index contributed by atoms with van der Waals surface area (Å²) in [5, 5.41) is 0. The molecule has 102 valence electrons. The summed E-state index contributed by atoms with van der Waals surface area (Å²) in [5.41, 5.74) is 11.0. The van der Waals surface area contributed by atoms with Crippen LogP contribution in [0.4, 0.5) is 0 Å². The van der Waals surface area contributed by atoms with Crippen LogP contribution in [0.5, 0.6) is 5.75 Å². The molecule has 5 heteroatoms. The number of hydrogen-bond acceptors (Lipinski definition) is 3. The zero-order valence-electron chi connectivity index (χ0n) is 11.4. The molecular weight excluding hydrogens is 306 g/mol. The average Bonchev–Trinajstić information content (AvgIpc) is 2.73. The van der Waals surface area contributed by atoms with E-state index in [1.54, 1.807) is 7.11 Å². The maximum Gasteiger partial charge on any atom is 0.175 e. The molecule has 0 bridgehead atoms. The van der Waals surface area contributed by atoms with Gasteiger partial charge in [-0.25, -0.2) is 4.98 Å². The minimum Gasteiger partial charge on any atom is -0.496 e. The van der Waals surface area contributed by atoms with E-state index in [1.165, 1.54) is 11.1 Å². The number of imidazole rings is 1. The summed E-state index contributed by atoms with van der Waals surface area (Å²) in [5.74, 6) is 0.834. The predicted molar refractivity (Wildman–Crippen MR) is 80.5 cm³/mol. The van der Waals surface area contributed by atoms with Gasteiger partial charge >= 0.3 is 0 Å². The second-order valence-electron chi connectivity index (χ2n) is 4.53. The molecule has 1 aromatic heterocycles. The number of H-pyrrole nitrogens is 1. The van der Waals surface area contributed by atoms with Gasteiger partial charge in [-0.2, -0.15) is 0 Å². The van der Waals surface area contributed by atoms with Gasteiger partial charge in [0.2, 0.25) is 0 Å². The van der Waals surface area contributed by atoms with Gasteiger partial charge in [0, 0.05) is 17.7 Å². The van der Waals surface area contributed by atoms with Crippen LogP contribution in [0.25, 0.3) is 11.3 Å². The van der Waals surface area contributed by atoms with Gasteiger partial charge in [-0.05, 0) is 59.6 Å². The van der Waals surface area contributed by atoms with Crippen LogP contribution in [0.3, 0.4) is 0 Å². The molecule has 0 radical (unpaired) electrons. The molecule has 2 aromatic rings. The fourth-order valence-electron chi connectivity index (χ4n) is 2.07. The number of halogens is 1. The van der Waals surface area contributed by atoms with Crippen molar-refractivity contribution in [3.63, 3.8) is 0 Å². The first kappa shape index (κ1) is 14.1. The number of nitrogens with one attached hydrogen (secondary N) is 1. The topological polar surface area (TPSA) is 63.9 Å². The summed E-state index contributed by atoms with van der Waals surface area (Å²) in [4.78, 5) is 7.70. The summed E-state index contributed by atoms with van der Waals surface area (Å²) in [7, 11) is 1.68. The Balaban J connectivity index is 2.60. The Morgan fingerprint density at radius 2 is 2.00 bits per heavy atom. The molecule has 1 aromatic carbocycles. The van der Waals surface area contributed by atoms with E-state index in [-0.39, 0.29) is 0 Å². The molecule has 0 spiro atoms. The highest BCUT2D eigenvalue weighted by Gasteiger charge is 2.16. The minimum absolute atomic E-state index is 0.578. The molecule has 0 aliphatic carbocycles. The van der Waals surface area contributed by atoms with E-state index in [9.17, 15) is 0 Å². The molecule has 0 saturated heterocycles. The number of rotatable bonds is 4. The van der Waals surface area contributed by atoms with Gasteiger partial charge in [0.25, 0.3) is 0 Å². The van der Waals surface area contributed by atoms with E-state index in [0.29, 0.717) is 11.3 Å². The Hall–Kier alpha value is -1.33. The van der Waals surface area contributed by atoms with E-state index >= 15 is 0 Å². The van der Waals surface area contributed by atoms with E-state index in [4.69, 9.17) is 10.5 Å². The van der Waals surface area contributed by atoms with Crippen molar-refractivity contribution in [2.75, 3.05) is 13.7 Å². The third-order valence-corrected chi connectivity index (χ3v) is 3.59. The van der Waals surface area contributed by atoms with Gasteiger partial charge in [0.1, 0.15) is 5.75 Å². The van der Waals surface area contributed by atoms with E-state index in [2.05, 4.69) is 45.8 Å². The molecule has 0 aliphatic heterocycles. The second-order valence-corrected chi connectivity index (χ2v) is 5.28. The van der Waals surface area contributed by atoms with E-state index in [0.717, 1.165) is 29.1 Å². The van der Waals surface area contributed by atoms with Gasteiger partial charge < -0.3 is 15.5 Å². The zero-order valence-corrected chi connectivity index (χ0v) is 13.0. The monoisotopic (exact) mass is 323 g/mol. The summed E-state index contributed by atoms with van der Waals surface area (Å²) in [6.45, 7) is 4.74. The molecule has 0 fully saturated rings. The molecule has 3 N–H and O–H groups in total. The number of benzene rings is 1. The number of nitrogens with two attached hydrogens (primary N) is 1. The van der Waals surface area contributed by atoms with E-state index in [1.807, 2.05) is 6.07 Å². The number of hydrogen-bond donors (Lipinski definition) is 2. The fourth-order valence-corrected chi connectivity index (χ4v) is 2.49. The first-order valence-electron chi connectivity index (χ1n) is 6.17. The van der Waals surface area contributed by atoms with Crippen molar-refractivity contribution in [2.45, 2.75) is 20.3 Å². The van der Waals surface area contributed by atoms with Crippen molar-refractivity contribution >= 4 is 15.9 Å². The quantitative estimate of drug-likeness (QED) is 0.909. The van der Waals surface area contributed by atoms with Crippen LogP contribution in [-0.2, 0) is 6.42 Å². The second kappa shape index (κ2) is 5.75. The molecule has 0 amide bonds. The SMILES string of the molecule is COc1cc(C)c(C)cc1-c1nc(Br)[nH]c1CCN. The van der Waals surface area contributed by atoms with Crippen molar-refractivity contribution in [2.24, 2.45) is 5.73 Å². The first-order valence-corrected chi connectivity index (χ1v) is 6.96. The number of aromatic nitrogens is 2. The zero-order chi connectivity index (χ0) is 14.0. The summed E-state index contributed by atoms with van der Waals surface area (Å²) in [6, 6.07) is 4.15. The van der Waals surface area contributed by atoms with Gasteiger partial charge in [-0.1, -0.05) is 0 Å². The van der Waals surface area contributed by atoms with Crippen LogP contribution in [0.1, 0.15) is 16.8 Å². The Morgan fingerprint density at radius 3 is 2.63 bits per heavy atom. The maximum atomic E-state index is 5.65. The number of methoxy groups -OCH3 is 1. The molecule has 0 unspecified atom stereocenters. The first-order chi connectivity index (χ1) is 9.06. The lowest BCUT2D eigenvalue weighted by molar-refractivity contribution is 0.416. The number of ether oxygens (including phenoxy) is 1. The predicted octanol–water partition coefficient (Wildman–Crippen LogP) is 2.97. The lowest BCUT2D eigenvalue weighted by Gasteiger charge is -2.11. The van der Waals surface area contributed by atoms with Crippen molar-refractivity contribution in [1.29, 1.82) is 0 Å². The van der Waals surface area contributed by atoms with Crippen molar-refractivity contribution in [1.82, 2.24) is 9.97 Å². The van der Waals surface area contributed by atoms with Gasteiger partial charge in [0.15, 0.2) is 4.73 Å². The molecule has 4 nitrogen and oxygen atoms in total. The summed E-state index contributed by atoms with van der Waals surface area (Å²) >= 11 is 3.38. The molecule has 0 saturated carbocycles. The Labute approximate surface area is 121 Å². The van der Waals surface area contributed by atoms with Gasteiger partial charge in [-0.15, -0.1) is 0 Å². The number of nitrogens with zero attached hydrogens (tertiary/aromatic N) is 1. The third kappa shape index (κ3) is 2.82. The van der Waals surface area contributed by atoms with Crippen molar-refractivity contribution in [3.8, 4) is 17.0 Å². The standard InChI is InChI=1S/C14H18BrN3O/c1-8-6-10(12(19-3)7-9(8)2)13-11(4-5-16)17-14(15)18-13/h6-7H,4-5,16H2,1-3H3,(H,17,18). The van der Waals surface area contributed by atoms with Gasteiger partial charge in [-0.3, -0.25) is 0 Å². The highest BCUT2D eigenvalue weighted by Crippen LogP contribution is 2.34. The average molecular weight is 324 g/mol. The maximum absolute atomic E-state index is 5.65. The molecule has 2 rings (SSSR count). The van der Waals surface area contributed by atoms with Crippen LogP contribution >= 0.6 is 15.9 Å². The Morgan fingerprint density at radius 1 is 1.32 bits per heavy atom. The number of aromatic amines is 1. The molecule has 0 aliphatic rings. The number of aryl methyl sites for hydroxylation is 2. The smallest absolute Gasteiger partial charge is 0.175 e. The minimum atomic E-state index is 0.578. The normalized spacial score (nSPS) is 10.8. The highest BCUT2D eigenvalue weighted by molar-refractivity contribution is 9.10. The molecule has 19 heavy (non-hydrogen) atoms. The van der Waals surface area contributed by atoms with E-state index < -0.39 is 0 Å². The van der Waals surface area contributed by atoms with Crippen LogP contribution < -0.4 is 10.5 Å². The Kier molecular flexibility index (Phi) is 4.27. The molecule has 0 atom stereocenters.